The number of hydrogen-bond acceptors (Lipinski definition) is 6. The summed E-state index contributed by atoms with van der Waals surface area (Å²) in [5, 5.41) is 12.4. The van der Waals surface area contributed by atoms with Crippen LogP contribution in [-0.4, -0.2) is 56.5 Å². The van der Waals surface area contributed by atoms with Crippen molar-refractivity contribution in [2.75, 3.05) is 32.6 Å². The van der Waals surface area contributed by atoms with E-state index in [0.29, 0.717) is 12.0 Å². The van der Waals surface area contributed by atoms with E-state index in [4.69, 9.17) is 9.72 Å². The first-order chi connectivity index (χ1) is 14.7. The molecule has 0 radical (unpaired) electrons. The highest BCUT2D eigenvalue weighted by molar-refractivity contribution is 5.78. The van der Waals surface area contributed by atoms with Crippen LogP contribution < -0.4 is 10.1 Å². The molecule has 1 saturated heterocycles. The minimum Gasteiger partial charge on any atom is -0.497 e. The second kappa shape index (κ2) is 7.79. The lowest BCUT2D eigenvalue weighted by Gasteiger charge is -2.28. The van der Waals surface area contributed by atoms with Crippen LogP contribution in [0, 0.1) is 0 Å². The summed E-state index contributed by atoms with van der Waals surface area (Å²) in [6.45, 7) is 2.21. The molecule has 0 amide bonds. The van der Waals surface area contributed by atoms with Gasteiger partial charge in [0.25, 0.3) is 0 Å². The number of nitrogens with one attached hydrogen (secondary N) is 1. The molecule has 4 heterocycles. The van der Waals surface area contributed by atoms with E-state index < -0.39 is 0 Å². The van der Waals surface area contributed by atoms with Crippen LogP contribution in [0.2, 0.25) is 0 Å². The maximum atomic E-state index is 5.26. The predicted octanol–water partition coefficient (Wildman–Crippen LogP) is 3.61. The molecular formula is C22H25N7O. The molecular weight excluding hydrogens is 378 g/mol. The Labute approximate surface area is 175 Å². The lowest BCUT2D eigenvalue weighted by atomic mass is 10.1. The second-order valence-corrected chi connectivity index (χ2v) is 7.72. The Kier molecular flexibility index (Phi) is 4.84. The van der Waals surface area contributed by atoms with E-state index in [1.807, 2.05) is 55.0 Å². The van der Waals surface area contributed by atoms with Crippen LogP contribution in [0.25, 0.3) is 16.8 Å². The van der Waals surface area contributed by atoms with Crippen LogP contribution in [0.1, 0.15) is 18.9 Å². The number of fused-ring (bicyclic) bond motifs is 1. The first-order valence-corrected chi connectivity index (χ1v) is 10.2. The molecule has 0 saturated carbocycles. The molecule has 0 aliphatic carbocycles. The summed E-state index contributed by atoms with van der Waals surface area (Å²) in [6, 6.07) is 12.4. The minimum absolute atomic E-state index is 0.451. The zero-order chi connectivity index (χ0) is 20.5. The number of rotatable bonds is 5. The normalized spacial score (nSPS) is 15.5. The maximum Gasteiger partial charge on any atom is 0.247 e. The first kappa shape index (κ1) is 18.6. The number of benzene rings is 1. The van der Waals surface area contributed by atoms with Crippen molar-refractivity contribution >= 4 is 17.3 Å². The minimum atomic E-state index is 0.451. The van der Waals surface area contributed by atoms with Crippen molar-refractivity contribution in [1.82, 2.24) is 29.3 Å². The summed E-state index contributed by atoms with van der Waals surface area (Å²) < 4.78 is 9.12. The van der Waals surface area contributed by atoms with Crippen molar-refractivity contribution in [1.29, 1.82) is 0 Å². The fraction of sp³-hybridized carbons (Fsp3) is 0.318. The Bertz CT molecular complexity index is 1140. The van der Waals surface area contributed by atoms with Crippen molar-refractivity contribution in [3.63, 3.8) is 0 Å². The molecule has 1 fully saturated rings. The van der Waals surface area contributed by atoms with Gasteiger partial charge in [0.2, 0.25) is 5.95 Å². The van der Waals surface area contributed by atoms with Crippen LogP contribution in [-0.2, 0) is 0 Å². The van der Waals surface area contributed by atoms with Crippen molar-refractivity contribution in [3.05, 3.63) is 55.0 Å². The van der Waals surface area contributed by atoms with E-state index in [1.54, 1.807) is 11.6 Å². The number of hydrogen-bond donors (Lipinski definition) is 1. The molecule has 8 nitrogen and oxygen atoms in total. The van der Waals surface area contributed by atoms with E-state index in [2.05, 4.69) is 32.1 Å². The first-order valence-electron chi connectivity index (χ1n) is 10.2. The second-order valence-electron chi connectivity index (χ2n) is 7.72. The quantitative estimate of drug-likeness (QED) is 0.549. The summed E-state index contributed by atoms with van der Waals surface area (Å²) in [5.41, 5.74) is 3.78. The summed E-state index contributed by atoms with van der Waals surface area (Å²) in [5.74, 6) is 1.38. The van der Waals surface area contributed by atoms with Gasteiger partial charge in [0.1, 0.15) is 5.75 Å². The van der Waals surface area contributed by atoms with Crippen LogP contribution in [0.4, 0.5) is 11.6 Å². The molecule has 1 aliphatic rings. The lowest BCUT2D eigenvalue weighted by Crippen LogP contribution is -2.31. The molecule has 154 valence electrons. The van der Waals surface area contributed by atoms with E-state index in [-0.39, 0.29) is 0 Å². The highest BCUT2D eigenvalue weighted by Crippen LogP contribution is 2.27. The number of nitrogens with zero attached hydrogens (tertiary/aromatic N) is 6. The smallest absolute Gasteiger partial charge is 0.247 e. The number of piperidine rings is 1. The third-order valence-electron chi connectivity index (χ3n) is 5.68. The topological polar surface area (TPSA) is 72.5 Å². The molecule has 30 heavy (non-hydrogen) atoms. The van der Waals surface area contributed by atoms with Gasteiger partial charge in [-0.2, -0.15) is 10.1 Å². The van der Waals surface area contributed by atoms with Gasteiger partial charge in [0, 0.05) is 18.0 Å². The van der Waals surface area contributed by atoms with E-state index in [0.717, 1.165) is 54.1 Å². The number of aromatic nitrogens is 5. The van der Waals surface area contributed by atoms with Crippen molar-refractivity contribution in [2.45, 2.75) is 18.9 Å². The van der Waals surface area contributed by atoms with E-state index >= 15 is 0 Å². The van der Waals surface area contributed by atoms with Gasteiger partial charge < -0.3 is 15.0 Å². The third kappa shape index (κ3) is 3.61. The Morgan fingerprint density at radius 3 is 2.67 bits per heavy atom. The van der Waals surface area contributed by atoms with Crippen LogP contribution in [0.5, 0.6) is 5.75 Å². The molecule has 3 aromatic heterocycles. The lowest BCUT2D eigenvalue weighted by molar-refractivity contribution is 0.212. The number of methoxy groups -OCH3 is 1. The highest BCUT2D eigenvalue weighted by atomic mass is 16.5. The highest BCUT2D eigenvalue weighted by Gasteiger charge is 2.19. The summed E-state index contributed by atoms with van der Waals surface area (Å²) in [7, 11) is 3.84. The van der Waals surface area contributed by atoms with Gasteiger partial charge in [-0.25, -0.2) is 4.52 Å². The molecule has 0 unspecified atom stereocenters. The van der Waals surface area contributed by atoms with Crippen molar-refractivity contribution < 1.29 is 4.74 Å². The predicted molar refractivity (Wildman–Crippen MR) is 116 cm³/mol. The van der Waals surface area contributed by atoms with E-state index in [1.165, 1.54) is 0 Å². The van der Waals surface area contributed by atoms with E-state index in [9.17, 15) is 0 Å². The Balaban J connectivity index is 1.38. The zero-order valence-corrected chi connectivity index (χ0v) is 17.2. The Morgan fingerprint density at radius 2 is 1.90 bits per heavy atom. The molecule has 1 aromatic carbocycles. The fourth-order valence-corrected chi connectivity index (χ4v) is 3.95. The molecule has 0 atom stereocenters. The monoisotopic (exact) mass is 403 g/mol. The zero-order valence-electron chi connectivity index (χ0n) is 17.2. The van der Waals surface area contributed by atoms with Gasteiger partial charge in [0.05, 0.1) is 25.0 Å². The largest absolute Gasteiger partial charge is 0.497 e. The van der Waals surface area contributed by atoms with Gasteiger partial charge in [-0.3, -0.25) is 4.68 Å². The van der Waals surface area contributed by atoms with Gasteiger partial charge >= 0.3 is 0 Å². The SMILES string of the molecule is COc1ccc(-c2cccn3nc(Nc4cnn(C5CCN(C)CC5)c4)nc23)cc1. The molecule has 1 N–H and O–H groups in total. The van der Waals surface area contributed by atoms with Crippen molar-refractivity contribution in [2.24, 2.45) is 0 Å². The van der Waals surface area contributed by atoms with Gasteiger partial charge in [-0.1, -0.05) is 12.1 Å². The molecule has 0 bridgehead atoms. The number of ether oxygens (including phenoxy) is 1. The molecule has 5 rings (SSSR count). The Hall–Kier alpha value is -3.39. The van der Waals surface area contributed by atoms with Gasteiger partial charge in [-0.15, -0.1) is 5.10 Å². The standard InChI is InChI=1S/C22H25N7O/c1-27-12-9-18(10-13-27)29-15-17(14-23-29)24-22-25-21-20(4-3-11-28(21)26-22)16-5-7-19(30-2)8-6-16/h3-8,11,14-15,18H,9-10,12-13H2,1-2H3,(H,24,26). The molecule has 8 heteroatoms. The molecule has 1 aliphatic heterocycles. The van der Waals surface area contributed by atoms with Crippen LogP contribution in [0.15, 0.2) is 55.0 Å². The molecule has 4 aromatic rings. The number of pyridine rings is 1. The number of anilines is 2. The van der Waals surface area contributed by atoms with Crippen molar-refractivity contribution in [3.8, 4) is 16.9 Å². The average molecular weight is 403 g/mol. The molecule has 0 spiro atoms. The van der Waals surface area contributed by atoms with Crippen LogP contribution in [0.3, 0.4) is 0 Å². The summed E-state index contributed by atoms with van der Waals surface area (Å²) in [4.78, 5) is 7.09. The van der Waals surface area contributed by atoms with Gasteiger partial charge in [-0.05, 0) is 62.8 Å². The Morgan fingerprint density at radius 1 is 1.10 bits per heavy atom. The van der Waals surface area contributed by atoms with Gasteiger partial charge in [0.15, 0.2) is 5.65 Å². The average Bonchev–Trinajstić information content (AvgIpc) is 3.41. The summed E-state index contributed by atoms with van der Waals surface area (Å²) >= 11 is 0. The summed E-state index contributed by atoms with van der Waals surface area (Å²) in [6.07, 6.45) is 8.04. The fourth-order valence-electron chi connectivity index (χ4n) is 3.95. The number of likely N-dealkylation sites (tertiary alicyclic amines) is 1. The third-order valence-corrected chi connectivity index (χ3v) is 5.68. The van der Waals surface area contributed by atoms with Crippen LogP contribution >= 0.6 is 0 Å². The maximum absolute atomic E-state index is 5.26.